The van der Waals surface area contributed by atoms with Gasteiger partial charge in [0.25, 0.3) is 0 Å². The van der Waals surface area contributed by atoms with Gasteiger partial charge in [-0.05, 0) is 42.7 Å². The molecule has 0 unspecified atom stereocenters. The number of rotatable bonds is 4. The van der Waals surface area contributed by atoms with Gasteiger partial charge in [0.2, 0.25) is 5.91 Å². The molecule has 0 radical (unpaired) electrons. The molecule has 2 aromatic carbocycles. The first kappa shape index (κ1) is 15.9. The van der Waals surface area contributed by atoms with E-state index in [4.69, 9.17) is 23.2 Å². The third kappa shape index (κ3) is 3.39. The molecule has 0 aliphatic heterocycles. The molecule has 2 aromatic rings. The van der Waals surface area contributed by atoms with Crippen LogP contribution in [0.25, 0.3) is 0 Å². The Labute approximate surface area is 135 Å². The van der Waals surface area contributed by atoms with E-state index < -0.39 is 0 Å². The van der Waals surface area contributed by atoms with Crippen molar-refractivity contribution in [2.45, 2.75) is 20.3 Å². The molecule has 2 nitrogen and oxygen atoms in total. The molecule has 0 fully saturated rings. The number of benzene rings is 2. The van der Waals surface area contributed by atoms with E-state index in [1.807, 2.05) is 43.3 Å². The van der Waals surface area contributed by atoms with E-state index in [1.54, 1.807) is 11.0 Å². The number of anilines is 2. The van der Waals surface area contributed by atoms with Crippen LogP contribution in [0.15, 0.2) is 42.5 Å². The van der Waals surface area contributed by atoms with Crippen LogP contribution < -0.4 is 4.90 Å². The first-order chi connectivity index (χ1) is 10.1. The fourth-order valence-electron chi connectivity index (χ4n) is 2.24. The first-order valence-corrected chi connectivity index (χ1v) is 7.72. The smallest absolute Gasteiger partial charge is 0.246 e. The quantitative estimate of drug-likeness (QED) is 0.716. The summed E-state index contributed by atoms with van der Waals surface area (Å²) in [4.78, 5) is 13.9. The molecule has 0 aliphatic rings. The first-order valence-electron chi connectivity index (χ1n) is 6.81. The molecule has 110 valence electrons. The number of nitrogens with zero attached hydrogens (tertiary/aromatic N) is 1. The molecule has 0 bridgehead atoms. The zero-order valence-electron chi connectivity index (χ0n) is 12.1. The molecular weight excluding hydrogens is 305 g/mol. The van der Waals surface area contributed by atoms with Gasteiger partial charge in [-0.15, -0.1) is 11.6 Å². The maximum Gasteiger partial charge on any atom is 0.246 e. The second-order valence-corrected chi connectivity index (χ2v) is 5.46. The van der Waals surface area contributed by atoms with Gasteiger partial charge in [0, 0.05) is 5.69 Å². The van der Waals surface area contributed by atoms with E-state index in [2.05, 4.69) is 6.92 Å². The van der Waals surface area contributed by atoms with Gasteiger partial charge in [-0.3, -0.25) is 9.69 Å². The highest BCUT2D eigenvalue weighted by molar-refractivity contribution is 6.36. The van der Waals surface area contributed by atoms with Crippen LogP contribution in [-0.4, -0.2) is 11.8 Å². The summed E-state index contributed by atoms with van der Waals surface area (Å²) < 4.78 is 0. The van der Waals surface area contributed by atoms with Crippen LogP contribution in [-0.2, 0) is 11.2 Å². The Morgan fingerprint density at radius 3 is 2.33 bits per heavy atom. The summed E-state index contributed by atoms with van der Waals surface area (Å²) in [6, 6.07) is 13.4. The highest BCUT2D eigenvalue weighted by atomic mass is 35.5. The minimum absolute atomic E-state index is 0.0970. The standard InChI is InChI=1S/C17H17Cl2NO/c1-3-13-7-9-14(10-8-13)20(16(21)11-18)17-12(2)5-4-6-15(17)19/h4-10H,3,11H2,1-2H3. The Balaban J connectivity index is 2.55. The van der Waals surface area contributed by atoms with E-state index >= 15 is 0 Å². The van der Waals surface area contributed by atoms with E-state index in [-0.39, 0.29) is 11.8 Å². The van der Waals surface area contributed by atoms with Gasteiger partial charge in [0.05, 0.1) is 10.7 Å². The molecule has 0 spiro atoms. The largest absolute Gasteiger partial charge is 0.278 e. The monoisotopic (exact) mass is 321 g/mol. The maximum atomic E-state index is 12.3. The second-order valence-electron chi connectivity index (χ2n) is 4.79. The zero-order chi connectivity index (χ0) is 15.4. The van der Waals surface area contributed by atoms with Crippen molar-refractivity contribution in [1.82, 2.24) is 0 Å². The van der Waals surface area contributed by atoms with Crippen molar-refractivity contribution in [1.29, 1.82) is 0 Å². The predicted octanol–water partition coefficient (Wildman–Crippen LogP) is 5.11. The highest BCUT2D eigenvalue weighted by Crippen LogP contribution is 2.35. The van der Waals surface area contributed by atoms with Crippen LogP contribution in [0.5, 0.6) is 0 Å². The molecule has 0 N–H and O–H groups in total. The van der Waals surface area contributed by atoms with Crippen molar-refractivity contribution in [3.8, 4) is 0 Å². The van der Waals surface area contributed by atoms with Crippen molar-refractivity contribution < 1.29 is 4.79 Å². The Bertz CT molecular complexity index is 617. The number of amides is 1. The summed E-state index contributed by atoms with van der Waals surface area (Å²) in [5.41, 5.74) is 3.61. The number of hydrogen-bond acceptors (Lipinski definition) is 1. The second kappa shape index (κ2) is 6.97. The third-order valence-electron chi connectivity index (χ3n) is 3.38. The molecule has 0 atom stereocenters. The van der Waals surface area contributed by atoms with Crippen LogP contribution in [0.3, 0.4) is 0 Å². The van der Waals surface area contributed by atoms with Gasteiger partial charge in [0.1, 0.15) is 5.88 Å². The Kier molecular flexibility index (Phi) is 5.27. The van der Waals surface area contributed by atoms with E-state index in [9.17, 15) is 4.79 Å². The van der Waals surface area contributed by atoms with E-state index in [0.29, 0.717) is 10.7 Å². The van der Waals surface area contributed by atoms with Gasteiger partial charge >= 0.3 is 0 Å². The molecular formula is C17H17Cl2NO. The maximum absolute atomic E-state index is 12.3. The molecule has 1 amide bonds. The fraction of sp³-hybridized carbons (Fsp3) is 0.235. The lowest BCUT2D eigenvalue weighted by atomic mass is 10.1. The van der Waals surface area contributed by atoms with Crippen LogP contribution in [0.4, 0.5) is 11.4 Å². The third-order valence-corrected chi connectivity index (χ3v) is 3.91. The lowest BCUT2D eigenvalue weighted by molar-refractivity contribution is -0.115. The van der Waals surface area contributed by atoms with Crippen molar-refractivity contribution in [3.05, 3.63) is 58.6 Å². The van der Waals surface area contributed by atoms with Crippen LogP contribution >= 0.6 is 23.2 Å². The molecule has 0 saturated carbocycles. The summed E-state index contributed by atoms with van der Waals surface area (Å²) in [7, 11) is 0. The van der Waals surface area contributed by atoms with Crippen molar-refractivity contribution >= 4 is 40.5 Å². The summed E-state index contributed by atoms with van der Waals surface area (Å²) in [6.45, 7) is 4.02. The van der Waals surface area contributed by atoms with Gasteiger partial charge in [-0.1, -0.05) is 42.8 Å². The van der Waals surface area contributed by atoms with Gasteiger partial charge in [0.15, 0.2) is 0 Å². The lowest BCUT2D eigenvalue weighted by Gasteiger charge is -2.25. The average molecular weight is 322 g/mol. The summed E-state index contributed by atoms with van der Waals surface area (Å²) in [6.07, 6.45) is 0.953. The van der Waals surface area contributed by atoms with E-state index in [1.165, 1.54) is 5.56 Å². The Hall–Kier alpha value is -1.51. The highest BCUT2D eigenvalue weighted by Gasteiger charge is 2.21. The van der Waals surface area contributed by atoms with Crippen LogP contribution in [0.2, 0.25) is 5.02 Å². The fourth-order valence-corrected chi connectivity index (χ4v) is 2.67. The topological polar surface area (TPSA) is 20.3 Å². The number of aryl methyl sites for hydroxylation is 2. The average Bonchev–Trinajstić information content (AvgIpc) is 2.50. The Morgan fingerprint density at radius 1 is 1.14 bits per heavy atom. The van der Waals surface area contributed by atoms with Gasteiger partial charge in [-0.25, -0.2) is 0 Å². The predicted molar refractivity (Wildman–Crippen MR) is 89.9 cm³/mol. The molecule has 0 heterocycles. The lowest BCUT2D eigenvalue weighted by Crippen LogP contribution is -2.28. The van der Waals surface area contributed by atoms with Crippen LogP contribution in [0.1, 0.15) is 18.1 Å². The normalized spacial score (nSPS) is 10.5. The van der Waals surface area contributed by atoms with E-state index in [0.717, 1.165) is 17.7 Å². The van der Waals surface area contributed by atoms with Gasteiger partial charge in [-0.2, -0.15) is 0 Å². The molecule has 0 aliphatic carbocycles. The molecule has 21 heavy (non-hydrogen) atoms. The SMILES string of the molecule is CCc1ccc(N(C(=O)CCl)c2c(C)cccc2Cl)cc1. The number of carbonyl (C=O) groups is 1. The number of halogens is 2. The van der Waals surface area contributed by atoms with Crippen molar-refractivity contribution in [3.63, 3.8) is 0 Å². The molecule has 4 heteroatoms. The Morgan fingerprint density at radius 2 is 1.81 bits per heavy atom. The van der Waals surface area contributed by atoms with Crippen LogP contribution in [0, 0.1) is 6.92 Å². The molecule has 0 saturated heterocycles. The molecule has 2 rings (SSSR count). The summed E-state index contributed by atoms with van der Waals surface area (Å²) >= 11 is 12.1. The number of alkyl halides is 1. The minimum atomic E-state index is -0.197. The van der Waals surface area contributed by atoms with Gasteiger partial charge < -0.3 is 0 Å². The summed E-state index contributed by atoms with van der Waals surface area (Å²) in [5.74, 6) is -0.294. The molecule has 0 aromatic heterocycles. The number of para-hydroxylation sites is 1. The summed E-state index contributed by atoms with van der Waals surface area (Å²) in [5, 5.41) is 0.535. The zero-order valence-corrected chi connectivity index (χ0v) is 13.6. The number of hydrogen-bond donors (Lipinski definition) is 0. The minimum Gasteiger partial charge on any atom is -0.278 e. The van der Waals surface area contributed by atoms with Crippen molar-refractivity contribution in [2.75, 3.05) is 10.8 Å². The van der Waals surface area contributed by atoms with Crippen molar-refractivity contribution in [2.24, 2.45) is 0 Å². The number of carbonyl (C=O) groups excluding carboxylic acids is 1.